The molecule has 0 saturated heterocycles. The lowest BCUT2D eigenvalue weighted by atomic mass is 9.95. The molecule has 0 bridgehead atoms. The van der Waals surface area contributed by atoms with E-state index < -0.39 is 8.07 Å². The molecule has 0 nitrogen and oxygen atoms in total. The van der Waals surface area contributed by atoms with Crippen LogP contribution in [0.2, 0.25) is 25.2 Å². The Balaban J connectivity index is 2.23. The minimum absolute atomic E-state index is 0.661. The van der Waals surface area contributed by atoms with E-state index in [4.69, 9.17) is 0 Å². The Morgan fingerprint density at radius 1 is 0.733 bits per heavy atom. The zero-order valence-corrected chi connectivity index (χ0v) is 10.9. The van der Waals surface area contributed by atoms with Crippen LogP contribution in [0.25, 0.3) is 0 Å². The molecule has 0 heterocycles. The van der Waals surface area contributed by atoms with Gasteiger partial charge in [0.15, 0.2) is 0 Å². The largest absolute Gasteiger partial charge is 0.0776 e. The average molecular weight is 216 g/mol. The standard InChI is InChI=1S/C14H20Si/c1-15(2,3)14(12-8-4-5-9-12)13-10-6-7-11-13/h4-14H,1-3H3. The van der Waals surface area contributed by atoms with E-state index in [0.29, 0.717) is 11.8 Å². The number of hydrogen-bond acceptors (Lipinski definition) is 0. The van der Waals surface area contributed by atoms with Gasteiger partial charge in [0.25, 0.3) is 0 Å². The molecule has 0 aliphatic heterocycles. The highest BCUT2D eigenvalue weighted by molar-refractivity contribution is 6.77. The number of allylic oxidation sites excluding steroid dienone is 8. The molecular formula is C14H20Si. The fourth-order valence-electron chi connectivity index (χ4n) is 2.79. The lowest BCUT2D eigenvalue weighted by Gasteiger charge is -2.35. The van der Waals surface area contributed by atoms with Crippen molar-refractivity contribution in [3.8, 4) is 0 Å². The first-order valence-corrected chi connectivity index (χ1v) is 9.37. The molecule has 2 aliphatic carbocycles. The predicted molar refractivity (Wildman–Crippen MR) is 70.6 cm³/mol. The maximum atomic E-state index is 2.48. The average Bonchev–Trinajstić information content (AvgIpc) is 2.73. The molecular weight excluding hydrogens is 196 g/mol. The Kier molecular flexibility index (Phi) is 2.83. The van der Waals surface area contributed by atoms with E-state index in [1.807, 2.05) is 0 Å². The smallest absolute Gasteiger partial charge is 0.0493 e. The molecule has 0 atom stereocenters. The number of hydrogen-bond donors (Lipinski definition) is 0. The molecule has 0 aromatic carbocycles. The van der Waals surface area contributed by atoms with E-state index in [1.165, 1.54) is 0 Å². The van der Waals surface area contributed by atoms with E-state index in [9.17, 15) is 0 Å². The highest BCUT2D eigenvalue weighted by Gasteiger charge is 2.36. The third-order valence-corrected chi connectivity index (χ3v) is 6.15. The van der Waals surface area contributed by atoms with Crippen molar-refractivity contribution in [2.24, 2.45) is 11.8 Å². The van der Waals surface area contributed by atoms with Crippen LogP contribution in [0.15, 0.2) is 48.6 Å². The Bertz CT molecular complexity index is 287. The van der Waals surface area contributed by atoms with E-state index in [0.717, 1.165) is 5.54 Å². The molecule has 0 spiro atoms. The van der Waals surface area contributed by atoms with Crippen LogP contribution in [0.3, 0.4) is 0 Å². The Labute approximate surface area is 94.1 Å². The third-order valence-electron chi connectivity index (χ3n) is 3.38. The van der Waals surface area contributed by atoms with Crippen molar-refractivity contribution in [3.63, 3.8) is 0 Å². The lowest BCUT2D eigenvalue weighted by Crippen LogP contribution is -2.35. The van der Waals surface area contributed by atoms with Gasteiger partial charge >= 0.3 is 0 Å². The third kappa shape index (κ3) is 2.23. The monoisotopic (exact) mass is 216 g/mol. The van der Waals surface area contributed by atoms with Gasteiger partial charge in [0.05, 0.1) is 0 Å². The van der Waals surface area contributed by atoms with Crippen molar-refractivity contribution in [3.05, 3.63) is 48.6 Å². The summed E-state index contributed by atoms with van der Waals surface area (Å²) in [6.45, 7) is 7.45. The Morgan fingerprint density at radius 2 is 1.07 bits per heavy atom. The summed E-state index contributed by atoms with van der Waals surface area (Å²) in [4.78, 5) is 0. The van der Waals surface area contributed by atoms with Gasteiger partial charge < -0.3 is 0 Å². The molecule has 0 N–H and O–H groups in total. The van der Waals surface area contributed by atoms with Gasteiger partial charge in [-0.3, -0.25) is 0 Å². The molecule has 15 heavy (non-hydrogen) atoms. The maximum absolute atomic E-state index is 2.48. The molecule has 0 saturated carbocycles. The van der Waals surface area contributed by atoms with Gasteiger partial charge in [-0.2, -0.15) is 0 Å². The molecule has 0 radical (unpaired) electrons. The minimum Gasteiger partial charge on any atom is -0.0776 e. The molecule has 0 unspecified atom stereocenters. The van der Waals surface area contributed by atoms with Crippen LogP contribution < -0.4 is 0 Å². The normalized spacial score (nSPS) is 21.3. The zero-order valence-electron chi connectivity index (χ0n) is 9.85. The first kappa shape index (κ1) is 10.7. The summed E-state index contributed by atoms with van der Waals surface area (Å²) in [5, 5.41) is 0. The summed E-state index contributed by atoms with van der Waals surface area (Å²) >= 11 is 0. The molecule has 0 aromatic heterocycles. The number of rotatable bonds is 3. The fourth-order valence-corrected chi connectivity index (χ4v) is 5.54. The van der Waals surface area contributed by atoms with Crippen LogP contribution >= 0.6 is 0 Å². The topological polar surface area (TPSA) is 0 Å². The van der Waals surface area contributed by atoms with Crippen LogP contribution in [0.5, 0.6) is 0 Å². The van der Waals surface area contributed by atoms with Crippen LogP contribution in [0.4, 0.5) is 0 Å². The lowest BCUT2D eigenvalue weighted by molar-refractivity contribution is 0.611. The molecule has 80 valence electrons. The molecule has 1 heteroatoms. The zero-order chi connectivity index (χ0) is 10.9. The van der Waals surface area contributed by atoms with E-state index in [1.54, 1.807) is 0 Å². The summed E-state index contributed by atoms with van der Waals surface area (Å²) in [6.07, 6.45) is 18.2. The molecule has 0 amide bonds. The van der Waals surface area contributed by atoms with E-state index in [2.05, 4.69) is 68.2 Å². The highest BCUT2D eigenvalue weighted by Crippen LogP contribution is 2.42. The van der Waals surface area contributed by atoms with Gasteiger partial charge in [-0.05, 0) is 17.4 Å². The summed E-state index contributed by atoms with van der Waals surface area (Å²) in [7, 11) is -1.12. The van der Waals surface area contributed by atoms with Crippen molar-refractivity contribution < 1.29 is 0 Å². The minimum atomic E-state index is -1.12. The maximum Gasteiger partial charge on any atom is 0.0493 e. The quantitative estimate of drug-likeness (QED) is 0.621. The summed E-state index contributed by atoms with van der Waals surface area (Å²) < 4.78 is 0. The van der Waals surface area contributed by atoms with Crippen LogP contribution in [0.1, 0.15) is 0 Å². The SMILES string of the molecule is C[Si](C)(C)C(C1C=CC=C1)C1C=CC=C1. The second kappa shape index (κ2) is 3.97. The van der Waals surface area contributed by atoms with Crippen molar-refractivity contribution in [2.45, 2.75) is 25.2 Å². The van der Waals surface area contributed by atoms with E-state index in [-0.39, 0.29) is 0 Å². The van der Waals surface area contributed by atoms with Crippen molar-refractivity contribution in [1.82, 2.24) is 0 Å². The van der Waals surface area contributed by atoms with Gasteiger partial charge in [0.2, 0.25) is 0 Å². The van der Waals surface area contributed by atoms with Crippen LogP contribution in [0, 0.1) is 11.8 Å². The van der Waals surface area contributed by atoms with E-state index >= 15 is 0 Å². The van der Waals surface area contributed by atoms with Crippen LogP contribution in [-0.4, -0.2) is 8.07 Å². The molecule has 2 aliphatic rings. The second-order valence-corrected chi connectivity index (χ2v) is 11.0. The van der Waals surface area contributed by atoms with Crippen LogP contribution in [-0.2, 0) is 0 Å². The highest BCUT2D eigenvalue weighted by atomic mass is 28.3. The Hall–Kier alpha value is -0.823. The van der Waals surface area contributed by atoms with Crippen molar-refractivity contribution >= 4 is 8.07 Å². The molecule has 0 aromatic rings. The Morgan fingerprint density at radius 3 is 1.33 bits per heavy atom. The fraction of sp³-hybridized carbons (Fsp3) is 0.429. The van der Waals surface area contributed by atoms with Gasteiger partial charge in [0, 0.05) is 8.07 Å². The summed E-state index contributed by atoms with van der Waals surface area (Å²) in [6, 6.07) is 0. The van der Waals surface area contributed by atoms with Crippen molar-refractivity contribution in [1.29, 1.82) is 0 Å². The van der Waals surface area contributed by atoms with Gasteiger partial charge in [0.1, 0.15) is 0 Å². The first-order chi connectivity index (χ1) is 7.09. The van der Waals surface area contributed by atoms with Gasteiger partial charge in [-0.1, -0.05) is 68.2 Å². The molecule has 2 rings (SSSR count). The van der Waals surface area contributed by atoms with Gasteiger partial charge in [-0.15, -0.1) is 0 Å². The van der Waals surface area contributed by atoms with Gasteiger partial charge in [-0.25, -0.2) is 0 Å². The summed E-state index contributed by atoms with van der Waals surface area (Å²) in [5.74, 6) is 1.32. The second-order valence-electron chi connectivity index (χ2n) is 5.59. The molecule has 0 fully saturated rings. The first-order valence-electron chi connectivity index (χ1n) is 5.79. The predicted octanol–water partition coefficient (Wildman–Crippen LogP) is 4.18. The summed E-state index contributed by atoms with van der Waals surface area (Å²) in [5.41, 5.74) is 0.808. The van der Waals surface area contributed by atoms with Crippen molar-refractivity contribution in [2.75, 3.05) is 0 Å².